The van der Waals surface area contributed by atoms with Gasteiger partial charge < -0.3 is 4.52 Å². The monoisotopic (exact) mass is 335 g/mol. The van der Waals surface area contributed by atoms with Crippen molar-refractivity contribution in [3.05, 3.63) is 42.0 Å². The lowest BCUT2D eigenvalue weighted by Crippen LogP contribution is -2.26. The molecule has 1 aliphatic heterocycles. The maximum Gasteiger partial charge on any atom is 0.223 e. The molecule has 124 valence electrons. The topological polar surface area (TPSA) is 76.3 Å². The molecule has 1 atom stereocenters. The Morgan fingerprint density at radius 2 is 2.09 bits per heavy atom. The van der Waals surface area contributed by atoms with E-state index in [2.05, 4.69) is 15.0 Å². The fourth-order valence-corrected chi connectivity index (χ4v) is 4.36. The molecule has 1 fully saturated rings. The van der Waals surface area contributed by atoms with Crippen LogP contribution in [0.15, 0.2) is 39.8 Å². The molecule has 7 heteroatoms. The van der Waals surface area contributed by atoms with Gasteiger partial charge in [-0.25, -0.2) is 8.42 Å². The number of hydrogen-bond acceptors (Lipinski definition) is 6. The third-order valence-electron chi connectivity index (χ3n) is 4.17. The summed E-state index contributed by atoms with van der Waals surface area (Å²) in [5, 5.41) is 4.01. The molecule has 0 N–H and O–H groups in total. The molecule has 6 nitrogen and oxygen atoms in total. The average Bonchev–Trinajstić information content (AvgIpc) is 3.17. The highest BCUT2D eigenvalue weighted by Gasteiger charge is 2.29. The molecule has 1 saturated heterocycles. The zero-order valence-electron chi connectivity index (χ0n) is 13.2. The first-order valence-corrected chi connectivity index (χ1v) is 9.53. The van der Waals surface area contributed by atoms with Crippen molar-refractivity contribution < 1.29 is 12.9 Å². The summed E-state index contributed by atoms with van der Waals surface area (Å²) >= 11 is 0. The summed E-state index contributed by atoms with van der Waals surface area (Å²) in [7, 11) is -3.21. The molecule has 0 aliphatic carbocycles. The van der Waals surface area contributed by atoms with Crippen molar-refractivity contribution in [1.82, 2.24) is 15.0 Å². The van der Waals surface area contributed by atoms with Crippen LogP contribution in [0.25, 0.3) is 0 Å². The Balaban J connectivity index is 1.58. The fraction of sp³-hybridized carbons (Fsp3) is 0.500. The molecule has 0 spiro atoms. The third kappa shape index (κ3) is 3.79. The van der Waals surface area contributed by atoms with Crippen molar-refractivity contribution in [2.75, 3.05) is 18.8 Å². The summed E-state index contributed by atoms with van der Waals surface area (Å²) < 4.78 is 29.7. The maximum absolute atomic E-state index is 12.3. The Morgan fingerprint density at radius 1 is 1.30 bits per heavy atom. The Morgan fingerprint density at radius 3 is 2.78 bits per heavy atom. The van der Waals surface area contributed by atoms with Crippen LogP contribution in [0, 0.1) is 6.92 Å². The molecule has 2 aromatic rings. The van der Waals surface area contributed by atoms with E-state index in [0.717, 1.165) is 25.9 Å². The predicted octanol–water partition coefficient (Wildman–Crippen LogP) is 2.38. The molecule has 3 rings (SSSR count). The number of benzene rings is 1. The van der Waals surface area contributed by atoms with E-state index in [4.69, 9.17) is 4.52 Å². The molecule has 1 aromatic carbocycles. The van der Waals surface area contributed by atoms with E-state index in [1.807, 2.05) is 6.07 Å². The molecular weight excluding hydrogens is 314 g/mol. The summed E-state index contributed by atoms with van der Waals surface area (Å²) in [5.41, 5.74) is 0. The third-order valence-corrected chi connectivity index (χ3v) is 5.98. The second kappa shape index (κ2) is 6.80. The number of hydrogen-bond donors (Lipinski definition) is 0. The molecule has 0 radical (unpaired) electrons. The van der Waals surface area contributed by atoms with Crippen molar-refractivity contribution in [3.63, 3.8) is 0 Å². The van der Waals surface area contributed by atoms with Crippen LogP contribution in [0.1, 0.15) is 37.0 Å². The van der Waals surface area contributed by atoms with Gasteiger partial charge in [0.15, 0.2) is 15.7 Å². The molecule has 0 bridgehead atoms. The molecule has 0 amide bonds. The van der Waals surface area contributed by atoms with Gasteiger partial charge in [0.2, 0.25) is 5.89 Å². The molecule has 23 heavy (non-hydrogen) atoms. The van der Waals surface area contributed by atoms with Crippen LogP contribution < -0.4 is 0 Å². The van der Waals surface area contributed by atoms with Crippen LogP contribution in [-0.4, -0.2) is 42.3 Å². The number of rotatable bonds is 6. The lowest BCUT2D eigenvalue weighted by atomic mass is 10.2. The van der Waals surface area contributed by atoms with Crippen LogP contribution in [-0.2, 0) is 9.84 Å². The van der Waals surface area contributed by atoms with Gasteiger partial charge >= 0.3 is 0 Å². The fourth-order valence-electron chi connectivity index (χ4n) is 3.04. The van der Waals surface area contributed by atoms with Crippen molar-refractivity contribution in [3.8, 4) is 0 Å². The minimum Gasteiger partial charge on any atom is -0.340 e. The average molecular weight is 335 g/mol. The predicted molar refractivity (Wildman–Crippen MR) is 85.7 cm³/mol. The van der Waals surface area contributed by atoms with Crippen LogP contribution >= 0.6 is 0 Å². The summed E-state index contributed by atoms with van der Waals surface area (Å²) in [5.74, 6) is 1.44. The first-order chi connectivity index (χ1) is 11.1. The summed E-state index contributed by atoms with van der Waals surface area (Å²) in [6, 6.07) is 8.77. The molecule has 1 aromatic heterocycles. The van der Waals surface area contributed by atoms with Gasteiger partial charge in [-0.15, -0.1) is 0 Å². The van der Waals surface area contributed by atoms with Gasteiger partial charge in [-0.1, -0.05) is 23.4 Å². The van der Waals surface area contributed by atoms with Crippen molar-refractivity contribution in [1.29, 1.82) is 0 Å². The van der Waals surface area contributed by atoms with E-state index in [0.29, 0.717) is 23.0 Å². The largest absolute Gasteiger partial charge is 0.340 e. The summed E-state index contributed by atoms with van der Waals surface area (Å²) in [6.07, 6.45) is 2.67. The Labute approximate surface area is 136 Å². The number of aryl methyl sites for hydroxylation is 1. The molecule has 2 heterocycles. The highest BCUT2D eigenvalue weighted by molar-refractivity contribution is 7.91. The van der Waals surface area contributed by atoms with E-state index in [-0.39, 0.29) is 11.8 Å². The van der Waals surface area contributed by atoms with Gasteiger partial charge in [0.1, 0.15) is 0 Å². The molecule has 0 saturated carbocycles. The smallest absolute Gasteiger partial charge is 0.223 e. The van der Waals surface area contributed by atoms with E-state index < -0.39 is 9.84 Å². The number of nitrogens with zero attached hydrogens (tertiary/aromatic N) is 3. The maximum atomic E-state index is 12.3. The number of aromatic nitrogens is 2. The molecular formula is C16H21N3O3S. The van der Waals surface area contributed by atoms with Gasteiger partial charge in [0.05, 0.1) is 16.7 Å². The number of likely N-dealkylation sites (tertiary alicyclic amines) is 1. The highest BCUT2D eigenvalue weighted by Crippen LogP contribution is 2.30. The van der Waals surface area contributed by atoms with Gasteiger partial charge in [0, 0.05) is 6.92 Å². The Hall–Kier alpha value is -1.73. The van der Waals surface area contributed by atoms with Crippen LogP contribution in [0.3, 0.4) is 0 Å². The van der Waals surface area contributed by atoms with E-state index in [9.17, 15) is 8.42 Å². The number of sulfone groups is 1. The van der Waals surface area contributed by atoms with Crippen molar-refractivity contribution in [2.45, 2.75) is 37.1 Å². The Kier molecular flexibility index (Phi) is 4.77. The lowest BCUT2D eigenvalue weighted by molar-refractivity contribution is 0.243. The van der Waals surface area contributed by atoms with Crippen molar-refractivity contribution >= 4 is 9.84 Å². The van der Waals surface area contributed by atoms with Gasteiger partial charge in [-0.05, 0) is 44.5 Å². The second-order valence-electron chi connectivity index (χ2n) is 5.85. The SMILES string of the molecule is Cc1nc([C@H]2CCCN2CCCS(=O)(=O)c2ccccc2)no1. The van der Waals surface area contributed by atoms with Crippen LogP contribution in [0.2, 0.25) is 0 Å². The van der Waals surface area contributed by atoms with Gasteiger partial charge in [-0.2, -0.15) is 4.98 Å². The Bertz CT molecular complexity index is 743. The zero-order chi connectivity index (χ0) is 16.3. The molecule has 1 aliphatic rings. The van der Waals surface area contributed by atoms with Crippen LogP contribution in [0.5, 0.6) is 0 Å². The quantitative estimate of drug-likeness (QED) is 0.807. The van der Waals surface area contributed by atoms with E-state index in [1.165, 1.54) is 0 Å². The zero-order valence-corrected chi connectivity index (χ0v) is 14.0. The van der Waals surface area contributed by atoms with Gasteiger partial charge in [0.25, 0.3) is 0 Å². The summed E-state index contributed by atoms with van der Waals surface area (Å²) in [6.45, 7) is 3.45. The first kappa shape index (κ1) is 16.1. The lowest BCUT2D eigenvalue weighted by Gasteiger charge is -2.21. The normalized spacial score (nSPS) is 19.3. The van der Waals surface area contributed by atoms with E-state index in [1.54, 1.807) is 31.2 Å². The second-order valence-corrected chi connectivity index (χ2v) is 7.96. The van der Waals surface area contributed by atoms with Crippen molar-refractivity contribution in [2.24, 2.45) is 0 Å². The first-order valence-electron chi connectivity index (χ1n) is 7.88. The standard InChI is InChI=1S/C16H21N3O3S/c1-13-17-16(18-22-13)15-9-5-10-19(15)11-6-12-23(20,21)14-7-3-2-4-8-14/h2-4,7-8,15H,5-6,9-12H2,1H3/t15-/m1/s1. The van der Waals surface area contributed by atoms with E-state index >= 15 is 0 Å². The summed E-state index contributed by atoms with van der Waals surface area (Å²) in [4.78, 5) is 6.96. The highest BCUT2D eigenvalue weighted by atomic mass is 32.2. The molecule has 0 unspecified atom stereocenters. The minimum atomic E-state index is -3.21. The van der Waals surface area contributed by atoms with Gasteiger partial charge in [-0.3, -0.25) is 4.90 Å². The van der Waals surface area contributed by atoms with Crippen LogP contribution in [0.4, 0.5) is 0 Å². The minimum absolute atomic E-state index is 0.145.